The Morgan fingerprint density at radius 1 is 1.45 bits per heavy atom. The summed E-state index contributed by atoms with van der Waals surface area (Å²) in [4.78, 5) is 22.6. The quantitative estimate of drug-likeness (QED) is 0.793. The number of halogens is 1. The maximum atomic E-state index is 11.7. The zero-order valence-corrected chi connectivity index (χ0v) is 12.3. The number of carboxylic acids is 1. The highest BCUT2D eigenvalue weighted by Crippen LogP contribution is 2.17. The van der Waals surface area contributed by atoms with Crippen LogP contribution in [0.2, 0.25) is 5.02 Å². The molecule has 1 aromatic rings. The van der Waals surface area contributed by atoms with Crippen LogP contribution in [0, 0.1) is 6.92 Å². The zero-order valence-electron chi connectivity index (χ0n) is 11.5. The van der Waals surface area contributed by atoms with Crippen LogP contribution in [0.15, 0.2) is 24.3 Å². The standard InChI is InChI=1S/C15H18ClNO3/c1-3-4-13(15(19)20)17-14(18)8-7-11-6-5-10(2)12(16)9-11/h5-9,13H,3-4H2,1-2H3,(H,17,18)(H,19,20)/b8-7+. The third-order valence-electron chi connectivity index (χ3n) is 2.81. The molecular weight excluding hydrogens is 278 g/mol. The van der Waals surface area contributed by atoms with Gasteiger partial charge in [0.15, 0.2) is 0 Å². The van der Waals surface area contributed by atoms with Crippen LogP contribution in [0.4, 0.5) is 0 Å². The fraction of sp³-hybridized carbons (Fsp3) is 0.333. The maximum absolute atomic E-state index is 11.7. The third-order valence-corrected chi connectivity index (χ3v) is 3.22. The fourth-order valence-corrected chi connectivity index (χ4v) is 1.84. The van der Waals surface area contributed by atoms with Crippen molar-refractivity contribution in [2.45, 2.75) is 32.7 Å². The highest BCUT2D eigenvalue weighted by Gasteiger charge is 2.17. The van der Waals surface area contributed by atoms with Crippen molar-refractivity contribution in [1.29, 1.82) is 0 Å². The maximum Gasteiger partial charge on any atom is 0.326 e. The second kappa shape index (κ2) is 7.70. The lowest BCUT2D eigenvalue weighted by Gasteiger charge is -2.11. The molecule has 1 aromatic carbocycles. The minimum atomic E-state index is -1.02. The van der Waals surface area contributed by atoms with Crippen LogP contribution in [0.5, 0.6) is 0 Å². The molecule has 0 aromatic heterocycles. The van der Waals surface area contributed by atoms with Gasteiger partial charge in [0, 0.05) is 11.1 Å². The average molecular weight is 296 g/mol. The minimum Gasteiger partial charge on any atom is -0.480 e. The van der Waals surface area contributed by atoms with E-state index in [1.54, 1.807) is 12.1 Å². The van der Waals surface area contributed by atoms with Gasteiger partial charge in [-0.3, -0.25) is 4.79 Å². The van der Waals surface area contributed by atoms with Crippen molar-refractivity contribution in [3.63, 3.8) is 0 Å². The third kappa shape index (κ3) is 5.05. The molecule has 0 saturated heterocycles. The molecule has 0 heterocycles. The normalized spacial score (nSPS) is 12.3. The molecule has 1 unspecified atom stereocenters. The molecule has 0 spiro atoms. The smallest absolute Gasteiger partial charge is 0.326 e. The molecule has 108 valence electrons. The molecule has 1 atom stereocenters. The first kappa shape index (κ1) is 16.2. The molecule has 1 rings (SSSR count). The number of carbonyl (C=O) groups excluding carboxylic acids is 1. The van der Waals surface area contributed by atoms with Crippen molar-refractivity contribution >= 4 is 29.6 Å². The van der Waals surface area contributed by atoms with Gasteiger partial charge in [0.1, 0.15) is 6.04 Å². The van der Waals surface area contributed by atoms with E-state index >= 15 is 0 Å². The van der Waals surface area contributed by atoms with Crippen LogP contribution in [0.1, 0.15) is 30.9 Å². The lowest BCUT2D eigenvalue weighted by atomic mass is 10.1. The van der Waals surface area contributed by atoms with Gasteiger partial charge < -0.3 is 10.4 Å². The Balaban J connectivity index is 2.67. The van der Waals surface area contributed by atoms with E-state index in [4.69, 9.17) is 16.7 Å². The summed E-state index contributed by atoms with van der Waals surface area (Å²) < 4.78 is 0. The summed E-state index contributed by atoms with van der Waals surface area (Å²) in [5, 5.41) is 12.0. The summed E-state index contributed by atoms with van der Waals surface area (Å²) in [6.45, 7) is 3.76. The second-order valence-electron chi connectivity index (χ2n) is 4.53. The fourth-order valence-electron chi connectivity index (χ4n) is 1.65. The molecule has 20 heavy (non-hydrogen) atoms. The minimum absolute atomic E-state index is 0.408. The molecule has 0 aliphatic rings. The number of carboxylic acid groups (broad SMARTS) is 1. The van der Waals surface area contributed by atoms with Crippen molar-refractivity contribution in [3.05, 3.63) is 40.4 Å². The summed E-state index contributed by atoms with van der Waals surface area (Å²) in [5.41, 5.74) is 1.75. The predicted molar refractivity (Wildman–Crippen MR) is 79.7 cm³/mol. The molecule has 0 radical (unpaired) electrons. The average Bonchev–Trinajstić information content (AvgIpc) is 2.39. The lowest BCUT2D eigenvalue weighted by Crippen LogP contribution is -2.39. The number of amides is 1. The number of nitrogens with one attached hydrogen (secondary N) is 1. The summed E-state index contributed by atoms with van der Waals surface area (Å²) >= 11 is 5.98. The molecule has 0 saturated carbocycles. The number of aryl methyl sites for hydroxylation is 1. The van der Waals surface area contributed by atoms with Gasteiger partial charge in [-0.15, -0.1) is 0 Å². The van der Waals surface area contributed by atoms with E-state index in [0.29, 0.717) is 17.9 Å². The number of benzene rings is 1. The van der Waals surface area contributed by atoms with Crippen molar-refractivity contribution in [2.24, 2.45) is 0 Å². The van der Waals surface area contributed by atoms with Crippen LogP contribution < -0.4 is 5.32 Å². The first-order valence-electron chi connectivity index (χ1n) is 6.41. The molecule has 0 bridgehead atoms. The van der Waals surface area contributed by atoms with E-state index in [0.717, 1.165) is 11.1 Å². The molecule has 1 amide bonds. The Labute approximate surface area is 123 Å². The number of hydrogen-bond donors (Lipinski definition) is 2. The highest BCUT2D eigenvalue weighted by atomic mass is 35.5. The van der Waals surface area contributed by atoms with E-state index in [9.17, 15) is 9.59 Å². The largest absolute Gasteiger partial charge is 0.480 e. The Kier molecular flexibility index (Phi) is 6.25. The molecule has 2 N–H and O–H groups in total. The Morgan fingerprint density at radius 2 is 2.15 bits per heavy atom. The van der Waals surface area contributed by atoms with E-state index < -0.39 is 17.9 Å². The molecule has 0 aliphatic carbocycles. The SMILES string of the molecule is CCCC(NC(=O)/C=C/c1ccc(C)c(Cl)c1)C(=O)O. The first-order chi connectivity index (χ1) is 9.43. The van der Waals surface area contributed by atoms with Gasteiger partial charge in [-0.05, 0) is 36.6 Å². The van der Waals surface area contributed by atoms with Crippen LogP contribution in [-0.2, 0) is 9.59 Å². The van der Waals surface area contributed by atoms with E-state index in [1.807, 2.05) is 26.0 Å². The summed E-state index contributed by atoms with van der Waals surface area (Å²) in [6.07, 6.45) is 4.01. The van der Waals surface area contributed by atoms with Crippen molar-refractivity contribution in [2.75, 3.05) is 0 Å². The summed E-state index contributed by atoms with van der Waals surface area (Å²) in [6, 6.07) is 4.60. The van der Waals surface area contributed by atoms with Gasteiger partial charge in [0.2, 0.25) is 5.91 Å². The number of rotatable bonds is 6. The van der Waals surface area contributed by atoms with Crippen molar-refractivity contribution in [3.8, 4) is 0 Å². The van der Waals surface area contributed by atoms with Crippen molar-refractivity contribution < 1.29 is 14.7 Å². The van der Waals surface area contributed by atoms with Gasteiger partial charge in [-0.1, -0.05) is 37.1 Å². The number of aliphatic carboxylic acids is 1. The lowest BCUT2D eigenvalue weighted by molar-refractivity contribution is -0.141. The molecule has 5 heteroatoms. The molecule has 0 fully saturated rings. The number of hydrogen-bond acceptors (Lipinski definition) is 2. The Bertz CT molecular complexity index is 526. The summed E-state index contributed by atoms with van der Waals surface area (Å²) in [5.74, 6) is -1.45. The first-order valence-corrected chi connectivity index (χ1v) is 6.79. The second-order valence-corrected chi connectivity index (χ2v) is 4.94. The van der Waals surface area contributed by atoms with Crippen LogP contribution in [-0.4, -0.2) is 23.0 Å². The van der Waals surface area contributed by atoms with Crippen LogP contribution in [0.3, 0.4) is 0 Å². The number of carbonyl (C=O) groups is 2. The van der Waals surface area contributed by atoms with E-state index in [2.05, 4.69) is 5.32 Å². The monoisotopic (exact) mass is 295 g/mol. The molecular formula is C15H18ClNO3. The predicted octanol–water partition coefficient (Wildman–Crippen LogP) is 3.03. The van der Waals surface area contributed by atoms with E-state index in [1.165, 1.54) is 6.08 Å². The van der Waals surface area contributed by atoms with E-state index in [-0.39, 0.29) is 0 Å². The van der Waals surface area contributed by atoms with Crippen LogP contribution in [0.25, 0.3) is 6.08 Å². The van der Waals surface area contributed by atoms with Gasteiger partial charge in [0.05, 0.1) is 0 Å². The van der Waals surface area contributed by atoms with Crippen molar-refractivity contribution in [1.82, 2.24) is 5.32 Å². The van der Waals surface area contributed by atoms with Gasteiger partial charge >= 0.3 is 5.97 Å². The van der Waals surface area contributed by atoms with Gasteiger partial charge in [-0.25, -0.2) is 4.79 Å². The van der Waals surface area contributed by atoms with Gasteiger partial charge in [0.25, 0.3) is 0 Å². The summed E-state index contributed by atoms with van der Waals surface area (Å²) in [7, 11) is 0. The van der Waals surface area contributed by atoms with Crippen LogP contribution >= 0.6 is 11.6 Å². The zero-order chi connectivity index (χ0) is 15.1. The Morgan fingerprint density at radius 3 is 2.70 bits per heavy atom. The van der Waals surface area contributed by atoms with Gasteiger partial charge in [-0.2, -0.15) is 0 Å². The molecule has 4 nitrogen and oxygen atoms in total. The molecule has 0 aliphatic heterocycles. The topological polar surface area (TPSA) is 66.4 Å². The Hall–Kier alpha value is -1.81. The highest BCUT2D eigenvalue weighted by molar-refractivity contribution is 6.31.